The van der Waals surface area contributed by atoms with Crippen molar-refractivity contribution in [2.24, 2.45) is 0 Å². The Kier molecular flexibility index (Phi) is 5.02. The van der Waals surface area contributed by atoms with E-state index in [-0.39, 0.29) is 0 Å². The monoisotopic (exact) mass is 160 g/mol. The summed E-state index contributed by atoms with van der Waals surface area (Å²) in [4.78, 5) is 0. The van der Waals surface area contributed by atoms with Crippen molar-refractivity contribution in [3.05, 3.63) is 48.6 Å². The van der Waals surface area contributed by atoms with Crippen LogP contribution in [-0.4, -0.2) is 0 Å². The Hall–Kier alpha value is -1.04. The summed E-state index contributed by atoms with van der Waals surface area (Å²) in [6.45, 7) is 0. The van der Waals surface area contributed by atoms with Crippen molar-refractivity contribution < 1.29 is 0 Å². The summed E-state index contributed by atoms with van der Waals surface area (Å²) in [5, 5.41) is 0. The van der Waals surface area contributed by atoms with Crippen molar-refractivity contribution in [3.8, 4) is 0 Å². The maximum atomic E-state index is 2.27. The Labute approximate surface area is 75.0 Å². The Morgan fingerprint density at radius 2 is 0.833 bits per heavy atom. The van der Waals surface area contributed by atoms with E-state index in [9.17, 15) is 0 Å². The van der Waals surface area contributed by atoms with Gasteiger partial charge in [0.1, 0.15) is 0 Å². The Balaban J connectivity index is 2.42. The van der Waals surface area contributed by atoms with E-state index in [1.165, 1.54) is 12.8 Å². The average Bonchev–Trinajstić information content (AvgIpc) is 2.05. The largest absolute Gasteiger partial charge is 0.0882 e. The van der Waals surface area contributed by atoms with Crippen LogP contribution < -0.4 is 0 Å². The minimum atomic E-state index is 1.16. The molecular weight excluding hydrogens is 144 g/mol. The molecule has 0 bridgehead atoms. The standard InChI is InChI=1S/C12H16/c1-2-4-6-8-10-12-11-9-7-5-3-1/h1-6,11-12H,7-10H2/b2-1-,5-3+,6-4?,12-11?. The molecule has 0 heteroatoms. The van der Waals surface area contributed by atoms with Crippen molar-refractivity contribution in [1.82, 2.24) is 0 Å². The van der Waals surface area contributed by atoms with Crippen LogP contribution in [0, 0.1) is 0 Å². The highest BCUT2D eigenvalue weighted by atomic mass is 13.9. The fraction of sp³-hybridized carbons (Fsp3) is 0.333. The van der Waals surface area contributed by atoms with Crippen LogP contribution in [0.15, 0.2) is 48.6 Å². The van der Waals surface area contributed by atoms with Crippen LogP contribution in [0.4, 0.5) is 0 Å². The van der Waals surface area contributed by atoms with E-state index in [0.717, 1.165) is 12.8 Å². The summed E-state index contributed by atoms with van der Waals surface area (Å²) < 4.78 is 0. The first-order valence-corrected chi connectivity index (χ1v) is 4.63. The predicted octanol–water partition coefficient (Wildman–Crippen LogP) is 3.79. The second kappa shape index (κ2) is 6.66. The summed E-state index contributed by atoms with van der Waals surface area (Å²) in [5.41, 5.74) is 0. The molecule has 0 unspecified atom stereocenters. The highest BCUT2D eigenvalue weighted by molar-refractivity contribution is 5.11. The van der Waals surface area contributed by atoms with Gasteiger partial charge >= 0.3 is 0 Å². The molecule has 1 rings (SSSR count). The maximum absolute atomic E-state index is 2.27. The molecule has 0 N–H and O–H groups in total. The molecule has 0 saturated heterocycles. The van der Waals surface area contributed by atoms with Crippen LogP contribution in [0.25, 0.3) is 0 Å². The van der Waals surface area contributed by atoms with E-state index in [1.54, 1.807) is 0 Å². The Morgan fingerprint density at radius 3 is 1.33 bits per heavy atom. The van der Waals surface area contributed by atoms with Gasteiger partial charge in [-0.25, -0.2) is 0 Å². The first kappa shape index (κ1) is 9.05. The van der Waals surface area contributed by atoms with Crippen LogP contribution >= 0.6 is 0 Å². The van der Waals surface area contributed by atoms with Gasteiger partial charge in [0.05, 0.1) is 0 Å². The van der Waals surface area contributed by atoms with Crippen molar-refractivity contribution in [3.63, 3.8) is 0 Å². The highest BCUT2D eigenvalue weighted by Crippen LogP contribution is 1.99. The summed E-state index contributed by atoms with van der Waals surface area (Å²) >= 11 is 0. The second-order valence-corrected chi connectivity index (χ2v) is 2.87. The third kappa shape index (κ3) is 4.73. The molecule has 0 aromatic rings. The zero-order valence-electron chi connectivity index (χ0n) is 7.45. The molecule has 64 valence electrons. The van der Waals surface area contributed by atoms with Crippen LogP contribution in [0.1, 0.15) is 25.7 Å². The molecule has 0 nitrogen and oxygen atoms in total. The predicted molar refractivity (Wildman–Crippen MR) is 55.0 cm³/mol. The molecule has 0 aromatic carbocycles. The normalized spacial score (nSPS) is 24.0. The van der Waals surface area contributed by atoms with Gasteiger partial charge in [0.2, 0.25) is 0 Å². The third-order valence-corrected chi connectivity index (χ3v) is 1.77. The Morgan fingerprint density at radius 1 is 0.417 bits per heavy atom. The lowest BCUT2D eigenvalue weighted by Gasteiger charge is -1.89. The quantitative estimate of drug-likeness (QED) is 0.473. The lowest BCUT2D eigenvalue weighted by Crippen LogP contribution is -1.68. The molecule has 12 heavy (non-hydrogen) atoms. The molecule has 1 aliphatic carbocycles. The first-order valence-electron chi connectivity index (χ1n) is 4.63. The van der Waals surface area contributed by atoms with E-state index in [0.29, 0.717) is 0 Å². The Bertz CT molecular complexity index is 182. The van der Waals surface area contributed by atoms with Crippen LogP contribution in [0.2, 0.25) is 0 Å². The van der Waals surface area contributed by atoms with E-state index < -0.39 is 0 Å². The van der Waals surface area contributed by atoms with Crippen molar-refractivity contribution in [2.45, 2.75) is 25.7 Å². The van der Waals surface area contributed by atoms with Gasteiger partial charge in [0.25, 0.3) is 0 Å². The SMILES string of the molecule is C1=CCCC=CCC/C=C/C=C\1. The molecule has 0 amide bonds. The summed E-state index contributed by atoms with van der Waals surface area (Å²) in [6.07, 6.45) is 22.0. The lowest BCUT2D eigenvalue weighted by molar-refractivity contribution is 1.00. The third-order valence-electron chi connectivity index (χ3n) is 1.77. The van der Waals surface area contributed by atoms with Gasteiger partial charge in [-0.2, -0.15) is 0 Å². The highest BCUT2D eigenvalue weighted by Gasteiger charge is 1.78. The molecular formula is C12H16. The molecule has 0 saturated carbocycles. The van der Waals surface area contributed by atoms with Gasteiger partial charge in [-0.3, -0.25) is 0 Å². The number of hydrogen-bond acceptors (Lipinski definition) is 0. The van der Waals surface area contributed by atoms with Gasteiger partial charge < -0.3 is 0 Å². The fourth-order valence-corrected chi connectivity index (χ4v) is 1.10. The van der Waals surface area contributed by atoms with Gasteiger partial charge in [-0.15, -0.1) is 0 Å². The molecule has 0 aliphatic heterocycles. The van der Waals surface area contributed by atoms with Crippen molar-refractivity contribution in [2.75, 3.05) is 0 Å². The van der Waals surface area contributed by atoms with Gasteiger partial charge in [0.15, 0.2) is 0 Å². The molecule has 0 radical (unpaired) electrons. The first-order chi connectivity index (χ1) is 6.00. The molecule has 0 heterocycles. The van der Waals surface area contributed by atoms with E-state index in [2.05, 4.69) is 48.6 Å². The van der Waals surface area contributed by atoms with E-state index in [4.69, 9.17) is 0 Å². The number of allylic oxidation sites excluding steroid dienone is 8. The van der Waals surface area contributed by atoms with Crippen molar-refractivity contribution >= 4 is 0 Å². The van der Waals surface area contributed by atoms with E-state index >= 15 is 0 Å². The second-order valence-electron chi connectivity index (χ2n) is 2.87. The van der Waals surface area contributed by atoms with E-state index in [1.807, 2.05) is 0 Å². The minimum Gasteiger partial charge on any atom is -0.0882 e. The fourth-order valence-electron chi connectivity index (χ4n) is 1.10. The summed E-state index contributed by atoms with van der Waals surface area (Å²) in [5.74, 6) is 0. The zero-order chi connectivity index (χ0) is 8.49. The lowest BCUT2D eigenvalue weighted by atomic mass is 10.2. The van der Waals surface area contributed by atoms with Crippen LogP contribution in [-0.2, 0) is 0 Å². The number of hydrogen-bond donors (Lipinski definition) is 0. The minimum absolute atomic E-state index is 1.16. The van der Waals surface area contributed by atoms with Gasteiger partial charge in [-0.05, 0) is 25.7 Å². The smallest absolute Gasteiger partial charge is 0.0313 e. The molecule has 0 atom stereocenters. The number of rotatable bonds is 0. The zero-order valence-corrected chi connectivity index (χ0v) is 7.45. The average molecular weight is 160 g/mol. The van der Waals surface area contributed by atoms with Crippen LogP contribution in [0.3, 0.4) is 0 Å². The summed E-state index contributed by atoms with van der Waals surface area (Å²) in [6, 6.07) is 0. The van der Waals surface area contributed by atoms with Crippen molar-refractivity contribution in [1.29, 1.82) is 0 Å². The molecule has 1 aliphatic rings. The van der Waals surface area contributed by atoms with Crippen LogP contribution in [0.5, 0.6) is 0 Å². The molecule has 0 spiro atoms. The van der Waals surface area contributed by atoms with Gasteiger partial charge in [-0.1, -0.05) is 48.6 Å². The maximum Gasteiger partial charge on any atom is -0.0313 e. The summed E-state index contributed by atoms with van der Waals surface area (Å²) in [7, 11) is 0. The van der Waals surface area contributed by atoms with Gasteiger partial charge in [0, 0.05) is 0 Å². The molecule has 0 aromatic heterocycles. The topological polar surface area (TPSA) is 0 Å². The molecule has 0 fully saturated rings.